The zero-order chi connectivity index (χ0) is 19.0. The molecule has 0 fully saturated rings. The zero-order valence-corrected chi connectivity index (χ0v) is 15.9. The number of halogens is 1. The highest BCUT2D eigenvalue weighted by Gasteiger charge is 2.19. The molecule has 7 nitrogen and oxygen atoms in total. The third kappa shape index (κ3) is 7.66. The molecule has 0 aliphatic carbocycles. The van der Waals surface area contributed by atoms with Gasteiger partial charge in [-0.05, 0) is 25.5 Å². The minimum absolute atomic E-state index is 0.140. The van der Waals surface area contributed by atoms with Crippen LogP contribution in [-0.4, -0.2) is 18.3 Å². The van der Waals surface area contributed by atoms with Gasteiger partial charge >= 0.3 is 0 Å². The number of allylic oxidation sites excluding steroid dienone is 1. The van der Waals surface area contributed by atoms with E-state index in [4.69, 9.17) is 23.4 Å². The standard InChI is InChI=1S/C16H22NO2S.ClHO4/c1-4-13(19-5-2)11-16-17(8-9-18)14-10-12(3)6-7-15(14)20-16;2-1(3,4)5/h6-7,10-11,18H,4-5,8-9H2,1-3H3;(H,2,3,4,5)/q+1;/p-1/b13-11+;. The van der Waals surface area contributed by atoms with Gasteiger partial charge in [0.25, 0.3) is 5.01 Å². The fourth-order valence-electron chi connectivity index (χ4n) is 2.22. The van der Waals surface area contributed by atoms with E-state index in [1.54, 1.807) is 11.3 Å². The number of hydrogen-bond donors (Lipinski definition) is 1. The van der Waals surface area contributed by atoms with Gasteiger partial charge in [-0.1, -0.05) is 24.3 Å². The topological polar surface area (TPSA) is 126 Å². The van der Waals surface area contributed by atoms with E-state index in [1.807, 2.05) is 6.92 Å². The first-order chi connectivity index (χ1) is 11.7. The molecule has 0 bridgehead atoms. The SMILES string of the molecule is CCO/C(=C/c1sc2ccc(C)cc2[n+]1CCO)CC.[O-][Cl+3]([O-])([O-])[O-]. The maximum atomic E-state index is 9.32. The number of rotatable bonds is 6. The number of aromatic nitrogens is 1. The number of hydrogen-bond acceptors (Lipinski definition) is 7. The van der Waals surface area contributed by atoms with Gasteiger partial charge in [-0.25, -0.2) is 18.6 Å². The second kappa shape index (κ2) is 10.0. The Balaban J connectivity index is 0.000000550. The average molecular weight is 392 g/mol. The Morgan fingerprint density at radius 2 is 1.92 bits per heavy atom. The van der Waals surface area contributed by atoms with Crippen molar-refractivity contribution in [1.29, 1.82) is 0 Å². The van der Waals surface area contributed by atoms with Crippen molar-refractivity contribution in [3.63, 3.8) is 0 Å². The normalized spacial score (nSPS) is 12.1. The molecular weight excluding hydrogens is 370 g/mol. The minimum Gasteiger partial charge on any atom is -0.498 e. The van der Waals surface area contributed by atoms with Gasteiger partial charge in [-0.2, -0.15) is 4.57 Å². The van der Waals surface area contributed by atoms with Crippen LogP contribution in [-0.2, 0) is 11.3 Å². The number of benzene rings is 1. The van der Waals surface area contributed by atoms with E-state index in [0.717, 1.165) is 17.2 Å². The van der Waals surface area contributed by atoms with Crippen LogP contribution in [0.3, 0.4) is 0 Å². The van der Waals surface area contributed by atoms with Crippen LogP contribution in [0.1, 0.15) is 30.8 Å². The van der Waals surface area contributed by atoms with Crippen LogP contribution in [0.4, 0.5) is 0 Å². The molecular formula is C16H22ClNO6S. The number of ether oxygens (including phenoxy) is 1. The van der Waals surface area contributed by atoms with Gasteiger partial charge < -0.3 is 9.84 Å². The van der Waals surface area contributed by atoms with Gasteiger partial charge in [-0.15, -0.1) is 10.2 Å². The summed E-state index contributed by atoms with van der Waals surface area (Å²) in [4.78, 5) is 0. The van der Waals surface area contributed by atoms with Gasteiger partial charge in [0.15, 0.2) is 6.54 Å². The van der Waals surface area contributed by atoms with E-state index in [1.165, 1.54) is 15.8 Å². The van der Waals surface area contributed by atoms with Crippen molar-refractivity contribution < 1.29 is 43.3 Å². The third-order valence-corrected chi connectivity index (χ3v) is 4.28. The molecule has 25 heavy (non-hydrogen) atoms. The molecule has 1 aromatic carbocycles. The highest BCUT2D eigenvalue weighted by molar-refractivity contribution is 7.18. The number of aryl methyl sites for hydroxylation is 1. The van der Waals surface area contributed by atoms with Crippen molar-refractivity contribution in [2.24, 2.45) is 0 Å². The summed E-state index contributed by atoms with van der Waals surface area (Å²) in [5, 5.41) is 10.4. The van der Waals surface area contributed by atoms with Crippen LogP contribution in [0.15, 0.2) is 24.0 Å². The lowest BCUT2D eigenvalue weighted by Gasteiger charge is -2.17. The zero-order valence-electron chi connectivity index (χ0n) is 14.4. The number of thiazole rings is 1. The Hall–Kier alpha value is -1.26. The third-order valence-electron chi connectivity index (χ3n) is 3.17. The second-order valence-corrected chi connectivity index (χ2v) is 6.88. The molecule has 140 valence electrons. The van der Waals surface area contributed by atoms with Gasteiger partial charge in [0.05, 0.1) is 12.7 Å². The van der Waals surface area contributed by atoms with E-state index < -0.39 is 10.2 Å². The summed E-state index contributed by atoms with van der Waals surface area (Å²) >= 11 is 1.74. The molecule has 9 heteroatoms. The first-order valence-corrected chi connectivity index (χ1v) is 9.73. The van der Waals surface area contributed by atoms with Gasteiger partial charge in [0, 0.05) is 12.5 Å². The molecule has 2 rings (SSSR count). The predicted octanol–water partition coefficient (Wildman–Crippen LogP) is -1.48. The van der Waals surface area contributed by atoms with E-state index in [9.17, 15) is 5.11 Å². The molecule has 1 N–H and O–H groups in total. The quantitative estimate of drug-likeness (QED) is 0.473. The first kappa shape index (κ1) is 21.8. The Morgan fingerprint density at radius 3 is 2.44 bits per heavy atom. The fraction of sp³-hybridized carbons (Fsp3) is 0.438. The number of aliphatic hydroxyl groups is 1. The van der Waals surface area contributed by atoms with Gasteiger partial charge in [-0.3, -0.25) is 0 Å². The van der Waals surface area contributed by atoms with Crippen LogP contribution < -0.4 is 23.2 Å². The van der Waals surface area contributed by atoms with Crippen molar-refractivity contribution in [3.8, 4) is 0 Å². The summed E-state index contributed by atoms with van der Waals surface area (Å²) in [6.07, 6.45) is 2.97. The van der Waals surface area contributed by atoms with Crippen molar-refractivity contribution in [2.75, 3.05) is 13.2 Å². The van der Waals surface area contributed by atoms with Crippen LogP contribution in [0, 0.1) is 17.2 Å². The van der Waals surface area contributed by atoms with Crippen molar-refractivity contribution in [2.45, 2.75) is 33.7 Å². The highest BCUT2D eigenvalue weighted by Crippen LogP contribution is 2.24. The summed E-state index contributed by atoms with van der Waals surface area (Å²) < 4.78 is 43.0. The fourth-order valence-corrected chi connectivity index (χ4v) is 3.34. The number of fused-ring (bicyclic) bond motifs is 1. The summed E-state index contributed by atoms with van der Waals surface area (Å²) in [6.45, 7) is 7.62. The predicted molar refractivity (Wildman–Crippen MR) is 83.7 cm³/mol. The lowest BCUT2D eigenvalue weighted by molar-refractivity contribution is -2.00. The Bertz CT molecular complexity index is 704. The lowest BCUT2D eigenvalue weighted by atomic mass is 10.2. The first-order valence-electron chi connectivity index (χ1n) is 7.68. The van der Waals surface area contributed by atoms with Crippen molar-refractivity contribution in [1.82, 2.24) is 0 Å². The molecule has 0 saturated carbocycles. The maximum Gasteiger partial charge on any atom is 0.266 e. The molecule has 1 heterocycles. The summed E-state index contributed by atoms with van der Waals surface area (Å²) in [6, 6.07) is 6.44. The van der Waals surface area contributed by atoms with Gasteiger partial charge in [0.1, 0.15) is 17.1 Å². The maximum absolute atomic E-state index is 9.32. The van der Waals surface area contributed by atoms with E-state index >= 15 is 0 Å². The van der Waals surface area contributed by atoms with Crippen LogP contribution in [0.25, 0.3) is 16.3 Å². The number of nitrogens with zero attached hydrogens (tertiary/aromatic N) is 1. The Kier molecular flexibility index (Phi) is 8.74. The monoisotopic (exact) mass is 391 g/mol. The van der Waals surface area contributed by atoms with Crippen LogP contribution >= 0.6 is 11.3 Å². The van der Waals surface area contributed by atoms with Gasteiger partial charge in [0.2, 0.25) is 5.52 Å². The molecule has 0 unspecified atom stereocenters. The summed E-state index contributed by atoms with van der Waals surface area (Å²) in [7, 11) is -4.94. The van der Waals surface area contributed by atoms with E-state index in [-0.39, 0.29) is 6.61 Å². The van der Waals surface area contributed by atoms with Crippen LogP contribution in [0.2, 0.25) is 0 Å². The highest BCUT2D eigenvalue weighted by atomic mass is 35.7. The Morgan fingerprint density at radius 1 is 1.28 bits per heavy atom. The average Bonchev–Trinajstić information content (AvgIpc) is 2.83. The summed E-state index contributed by atoms with van der Waals surface area (Å²) in [5.41, 5.74) is 2.42. The smallest absolute Gasteiger partial charge is 0.266 e. The summed E-state index contributed by atoms with van der Waals surface area (Å²) in [5.74, 6) is 0.988. The lowest BCUT2D eigenvalue weighted by Crippen LogP contribution is -2.68. The molecule has 0 amide bonds. The Labute approximate surface area is 152 Å². The van der Waals surface area contributed by atoms with Crippen molar-refractivity contribution >= 4 is 27.6 Å². The molecule has 0 aliphatic heterocycles. The molecule has 0 saturated heterocycles. The minimum atomic E-state index is -4.94. The molecule has 1 aromatic heterocycles. The van der Waals surface area contributed by atoms with E-state index in [0.29, 0.717) is 13.2 Å². The van der Waals surface area contributed by atoms with Crippen LogP contribution in [0.5, 0.6) is 0 Å². The number of aliphatic hydroxyl groups excluding tert-OH is 1. The molecule has 2 aromatic rings. The molecule has 0 spiro atoms. The van der Waals surface area contributed by atoms with E-state index in [2.05, 4.69) is 42.7 Å². The largest absolute Gasteiger partial charge is 0.498 e. The molecule has 0 radical (unpaired) electrons. The molecule has 0 aliphatic rings. The van der Waals surface area contributed by atoms with Crippen molar-refractivity contribution in [3.05, 3.63) is 34.5 Å². The molecule has 0 atom stereocenters. The second-order valence-electron chi connectivity index (χ2n) is 5.06.